The van der Waals surface area contributed by atoms with Crippen molar-refractivity contribution in [3.05, 3.63) is 36.7 Å². The average Bonchev–Trinajstić information content (AvgIpc) is 2.57. The maximum atomic E-state index is 11.0. The Morgan fingerprint density at radius 1 is 1.04 bits per heavy atom. The Kier molecular flexibility index (Phi) is 4.71. The molecule has 0 unspecified atom stereocenters. The molecule has 0 radical (unpaired) electrons. The van der Waals surface area contributed by atoms with Gasteiger partial charge in [-0.15, -0.1) is 0 Å². The number of nitrogens with zero attached hydrogens (tertiary/aromatic N) is 3. The summed E-state index contributed by atoms with van der Waals surface area (Å²) in [6.07, 6.45) is 5.33. The van der Waals surface area contributed by atoms with Crippen LogP contribution in [0, 0.1) is 0 Å². The molecule has 0 saturated carbocycles. The van der Waals surface area contributed by atoms with E-state index in [1.807, 2.05) is 30.3 Å². The molecule has 23 heavy (non-hydrogen) atoms. The number of amides is 1. The third-order valence-electron chi connectivity index (χ3n) is 3.81. The van der Waals surface area contributed by atoms with Gasteiger partial charge in [-0.05, 0) is 43.5 Å². The average molecular weight is 311 g/mol. The van der Waals surface area contributed by atoms with Gasteiger partial charge >= 0.3 is 0 Å². The minimum absolute atomic E-state index is 0.0762. The van der Waals surface area contributed by atoms with Gasteiger partial charge < -0.3 is 15.5 Å². The Balaban J connectivity index is 1.68. The largest absolute Gasteiger partial charge is 0.356 e. The molecule has 1 aromatic heterocycles. The number of carbonyl (C=O) groups is 1. The molecule has 1 saturated heterocycles. The molecule has 1 amide bonds. The third kappa shape index (κ3) is 4.18. The van der Waals surface area contributed by atoms with Crippen molar-refractivity contribution in [2.24, 2.45) is 0 Å². The van der Waals surface area contributed by atoms with Gasteiger partial charge in [-0.3, -0.25) is 4.79 Å². The Hall–Kier alpha value is -2.63. The zero-order chi connectivity index (χ0) is 16.1. The summed E-state index contributed by atoms with van der Waals surface area (Å²) in [6, 6.07) is 9.52. The van der Waals surface area contributed by atoms with Crippen LogP contribution in [0.5, 0.6) is 0 Å². The first-order chi connectivity index (χ1) is 11.2. The maximum Gasteiger partial charge on any atom is 0.221 e. The SMILES string of the molecule is CC(=O)Nc1ccc(Nc2cc(N3CCCCC3)ncn2)cc1. The lowest BCUT2D eigenvalue weighted by Gasteiger charge is -2.27. The highest BCUT2D eigenvalue weighted by Gasteiger charge is 2.12. The number of rotatable bonds is 4. The molecule has 2 N–H and O–H groups in total. The van der Waals surface area contributed by atoms with Crippen molar-refractivity contribution in [2.45, 2.75) is 26.2 Å². The first kappa shape index (κ1) is 15.3. The summed E-state index contributed by atoms with van der Waals surface area (Å²) in [5.74, 6) is 1.66. The van der Waals surface area contributed by atoms with Gasteiger partial charge in [-0.1, -0.05) is 0 Å². The Morgan fingerprint density at radius 2 is 1.74 bits per heavy atom. The van der Waals surface area contributed by atoms with Gasteiger partial charge in [-0.2, -0.15) is 0 Å². The van der Waals surface area contributed by atoms with Crippen molar-refractivity contribution in [3.8, 4) is 0 Å². The topological polar surface area (TPSA) is 70.2 Å². The van der Waals surface area contributed by atoms with Crippen LogP contribution >= 0.6 is 0 Å². The van der Waals surface area contributed by atoms with Crippen molar-refractivity contribution in [1.82, 2.24) is 9.97 Å². The quantitative estimate of drug-likeness (QED) is 0.907. The van der Waals surface area contributed by atoms with Gasteiger partial charge in [-0.25, -0.2) is 9.97 Å². The molecule has 6 nitrogen and oxygen atoms in total. The number of aromatic nitrogens is 2. The van der Waals surface area contributed by atoms with Gasteiger partial charge in [0.2, 0.25) is 5.91 Å². The Labute approximate surface area is 135 Å². The lowest BCUT2D eigenvalue weighted by molar-refractivity contribution is -0.114. The van der Waals surface area contributed by atoms with Crippen LogP contribution in [0.1, 0.15) is 26.2 Å². The van der Waals surface area contributed by atoms with Gasteiger partial charge in [0.15, 0.2) is 0 Å². The summed E-state index contributed by atoms with van der Waals surface area (Å²) < 4.78 is 0. The van der Waals surface area contributed by atoms with E-state index in [1.54, 1.807) is 6.33 Å². The van der Waals surface area contributed by atoms with Crippen LogP contribution in [-0.2, 0) is 4.79 Å². The predicted molar refractivity (Wildman–Crippen MR) is 92.1 cm³/mol. The van der Waals surface area contributed by atoms with Crippen LogP contribution in [0.3, 0.4) is 0 Å². The highest BCUT2D eigenvalue weighted by molar-refractivity contribution is 5.88. The second-order valence-electron chi connectivity index (χ2n) is 5.69. The minimum atomic E-state index is -0.0762. The molecule has 120 valence electrons. The Bertz CT molecular complexity index is 665. The smallest absolute Gasteiger partial charge is 0.221 e. The number of nitrogens with one attached hydrogen (secondary N) is 2. The second kappa shape index (κ2) is 7.09. The highest BCUT2D eigenvalue weighted by Crippen LogP contribution is 2.22. The number of hydrogen-bond acceptors (Lipinski definition) is 5. The van der Waals surface area contributed by atoms with Gasteiger partial charge in [0.1, 0.15) is 18.0 Å². The van der Waals surface area contributed by atoms with Gasteiger partial charge in [0, 0.05) is 37.5 Å². The lowest BCUT2D eigenvalue weighted by Crippen LogP contribution is -2.30. The van der Waals surface area contributed by atoms with E-state index in [-0.39, 0.29) is 5.91 Å². The molecule has 1 aliphatic heterocycles. The van der Waals surface area contributed by atoms with Crippen molar-refractivity contribution in [2.75, 3.05) is 28.6 Å². The predicted octanol–water partition coefficient (Wildman–Crippen LogP) is 3.17. The van der Waals surface area contributed by atoms with E-state index < -0.39 is 0 Å². The molecule has 0 atom stereocenters. The molecule has 0 spiro atoms. The van der Waals surface area contributed by atoms with Crippen LogP contribution < -0.4 is 15.5 Å². The first-order valence-electron chi connectivity index (χ1n) is 7.92. The number of carbonyl (C=O) groups excluding carboxylic acids is 1. The van der Waals surface area contributed by atoms with Crippen LogP contribution in [-0.4, -0.2) is 29.0 Å². The maximum absolute atomic E-state index is 11.0. The number of anilines is 4. The van der Waals surface area contributed by atoms with Crippen molar-refractivity contribution in [1.29, 1.82) is 0 Å². The van der Waals surface area contributed by atoms with Crippen LogP contribution in [0.2, 0.25) is 0 Å². The van der Waals surface area contributed by atoms with Crippen LogP contribution in [0.15, 0.2) is 36.7 Å². The number of piperidine rings is 1. The van der Waals surface area contributed by atoms with Crippen LogP contribution in [0.25, 0.3) is 0 Å². The van der Waals surface area contributed by atoms with E-state index in [1.165, 1.54) is 26.2 Å². The van der Waals surface area contributed by atoms with Crippen LogP contribution in [0.4, 0.5) is 23.0 Å². The molecule has 1 fully saturated rings. The fourth-order valence-electron chi connectivity index (χ4n) is 2.70. The van der Waals surface area contributed by atoms with Gasteiger partial charge in [0.25, 0.3) is 0 Å². The van der Waals surface area contributed by atoms with Crippen molar-refractivity contribution >= 4 is 28.9 Å². The molecule has 0 aliphatic carbocycles. The fourth-order valence-corrected chi connectivity index (χ4v) is 2.70. The summed E-state index contributed by atoms with van der Waals surface area (Å²) in [5.41, 5.74) is 1.70. The highest BCUT2D eigenvalue weighted by atomic mass is 16.1. The van der Waals surface area contributed by atoms with E-state index in [0.717, 1.165) is 36.1 Å². The molecule has 2 heterocycles. The normalized spacial score (nSPS) is 14.4. The summed E-state index contributed by atoms with van der Waals surface area (Å²) in [7, 11) is 0. The summed E-state index contributed by atoms with van der Waals surface area (Å²) in [6.45, 7) is 3.61. The van der Waals surface area contributed by atoms with Crippen molar-refractivity contribution < 1.29 is 4.79 Å². The standard InChI is InChI=1S/C17H21N5O/c1-13(23)20-14-5-7-15(8-6-14)21-16-11-17(19-12-18-16)22-9-3-2-4-10-22/h5-8,11-12H,2-4,9-10H2,1H3,(H,20,23)(H,18,19,21). The number of benzene rings is 1. The van der Waals surface area contributed by atoms with E-state index >= 15 is 0 Å². The van der Waals surface area contributed by atoms with Crippen molar-refractivity contribution in [3.63, 3.8) is 0 Å². The molecule has 0 bridgehead atoms. The fraction of sp³-hybridized carbons (Fsp3) is 0.353. The van der Waals surface area contributed by atoms with E-state index in [9.17, 15) is 4.79 Å². The monoisotopic (exact) mass is 311 g/mol. The Morgan fingerprint density at radius 3 is 2.43 bits per heavy atom. The lowest BCUT2D eigenvalue weighted by atomic mass is 10.1. The summed E-state index contributed by atoms with van der Waals surface area (Å²) in [5, 5.41) is 6.02. The zero-order valence-electron chi connectivity index (χ0n) is 13.2. The molecule has 1 aliphatic rings. The third-order valence-corrected chi connectivity index (χ3v) is 3.81. The second-order valence-corrected chi connectivity index (χ2v) is 5.69. The number of hydrogen-bond donors (Lipinski definition) is 2. The molecular weight excluding hydrogens is 290 g/mol. The molecular formula is C17H21N5O. The molecule has 1 aromatic carbocycles. The molecule has 3 rings (SSSR count). The van der Waals surface area contributed by atoms with E-state index in [4.69, 9.17) is 0 Å². The van der Waals surface area contributed by atoms with E-state index in [2.05, 4.69) is 25.5 Å². The molecule has 2 aromatic rings. The summed E-state index contributed by atoms with van der Waals surface area (Å²) >= 11 is 0. The van der Waals surface area contributed by atoms with E-state index in [0.29, 0.717) is 0 Å². The first-order valence-corrected chi connectivity index (χ1v) is 7.92. The molecule has 6 heteroatoms. The van der Waals surface area contributed by atoms with Gasteiger partial charge in [0.05, 0.1) is 0 Å². The summed E-state index contributed by atoms with van der Waals surface area (Å²) in [4.78, 5) is 22.0. The zero-order valence-corrected chi connectivity index (χ0v) is 13.2. The minimum Gasteiger partial charge on any atom is -0.356 e.